The maximum absolute atomic E-state index is 10.8. The first-order valence-corrected chi connectivity index (χ1v) is 6.00. The molecule has 1 rings (SSSR count). The van der Waals surface area contributed by atoms with E-state index < -0.39 is 0 Å². The maximum atomic E-state index is 10.8. The average Bonchev–Trinajstić information content (AvgIpc) is 2.27. The molecule has 0 atom stereocenters. The Morgan fingerprint density at radius 2 is 2.00 bits per heavy atom. The van der Waals surface area contributed by atoms with E-state index >= 15 is 0 Å². The first-order valence-electron chi connectivity index (χ1n) is 5.12. The Morgan fingerprint density at radius 1 is 1.38 bits per heavy atom. The molecular formula is C11H17N3OS. The van der Waals surface area contributed by atoms with Gasteiger partial charge in [0, 0.05) is 16.7 Å². The number of urea groups is 1. The molecule has 4 nitrogen and oxygen atoms in total. The third-order valence-electron chi connectivity index (χ3n) is 1.88. The molecule has 0 aliphatic rings. The van der Waals surface area contributed by atoms with Gasteiger partial charge in [0.25, 0.3) is 0 Å². The van der Waals surface area contributed by atoms with Crippen LogP contribution in [0, 0.1) is 0 Å². The van der Waals surface area contributed by atoms with E-state index in [0.717, 1.165) is 5.56 Å². The Kier molecular flexibility index (Phi) is 5.14. The fraction of sp³-hybridized carbons (Fsp3) is 0.364. The van der Waals surface area contributed by atoms with Crippen molar-refractivity contribution in [1.82, 2.24) is 10.7 Å². The summed E-state index contributed by atoms with van der Waals surface area (Å²) in [6, 6.07) is 7.74. The van der Waals surface area contributed by atoms with Gasteiger partial charge in [-0.25, -0.2) is 10.6 Å². The largest absolute Gasteiger partial charge is 0.333 e. The smallest absolute Gasteiger partial charge is 0.329 e. The lowest BCUT2D eigenvalue weighted by Gasteiger charge is -2.07. The third-order valence-corrected chi connectivity index (χ3v) is 2.90. The lowest BCUT2D eigenvalue weighted by molar-refractivity contribution is 0.241. The summed E-state index contributed by atoms with van der Waals surface area (Å²) in [5.41, 5.74) is 3.07. The zero-order valence-electron chi connectivity index (χ0n) is 9.49. The number of hydrazine groups is 1. The van der Waals surface area contributed by atoms with E-state index in [2.05, 4.69) is 31.3 Å². The summed E-state index contributed by atoms with van der Waals surface area (Å²) < 4.78 is 0. The van der Waals surface area contributed by atoms with Gasteiger partial charge in [0.2, 0.25) is 0 Å². The van der Waals surface area contributed by atoms with Crippen LogP contribution >= 0.6 is 11.8 Å². The van der Waals surface area contributed by atoms with Gasteiger partial charge in [-0.05, 0) is 17.7 Å². The number of carbonyl (C=O) groups is 1. The monoisotopic (exact) mass is 239 g/mol. The number of benzene rings is 1. The number of rotatable bonds is 4. The molecule has 0 aromatic heterocycles. The zero-order valence-corrected chi connectivity index (χ0v) is 10.3. The molecule has 0 spiro atoms. The predicted molar refractivity (Wildman–Crippen MR) is 67.0 cm³/mol. The molecule has 1 aromatic rings. The summed E-state index contributed by atoms with van der Waals surface area (Å²) in [7, 11) is 0. The molecular weight excluding hydrogens is 222 g/mol. The van der Waals surface area contributed by atoms with Crippen LogP contribution in [0.3, 0.4) is 0 Å². The van der Waals surface area contributed by atoms with E-state index in [-0.39, 0.29) is 6.03 Å². The first kappa shape index (κ1) is 12.9. The van der Waals surface area contributed by atoms with E-state index in [1.807, 2.05) is 29.3 Å². The molecule has 0 aliphatic heterocycles. The minimum atomic E-state index is -0.374. The van der Waals surface area contributed by atoms with E-state index in [9.17, 15) is 4.79 Å². The number of amides is 2. The van der Waals surface area contributed by atoms with Crippen molar-refractivity contribution in [3.8, 4) is 0 Å². The molecule has 0 heterocycles. The van der Waals surface area contributed by atoms with Crippen molar-refractivity contribution in [3.63, 3.8) is 0 Å². The minimum absolute atomic E-state index is 0.374. The summed E-state index contributed by atoms with van der Waals surface area (Å²) in [5, 5.41) is 3.20. The molecule has 5 heteroatoms. The molecule has 16 heavy (non-hydrogen) atoms. The van der Waals surface area contributed by atoms with Gasteiger partial charge in [-0.2, -0.15) is 0 Å². The van der Waals surface area contributed by atoms with E-state index in [0.29, 0.717) is 11.8 Å². The van der Waals surface area contributed by atoms with Crippen molar-refractivity contribution in [2.45, 2.75) is 30.5 Å². The highest BCUT2D eigenvalue weighted by atomic mass is 32.2. The molecule has 0 bridgehead atoms. The highest BCUT2D eigenvalue weighted by molar-refractivity contribution is 7.99. The summed E-state index contributed by atoms with van der Waals surface area (Å²) in [5.74, 6) is 4.95. The van der Waals surface area contributed by atoms with Crippen LogP contribution in [-0.2, 0) is 6.54 Å². The van der Waals surface area contributed by atoms with E-state index in [1.165, 1.54) is 4.90 Å². The summed E-state index contributed by atoms with van der Waals surface area (Å²) >= 11 is 1.82. The van der Waals surface area contributed by atoms with Crippen LogP contribution in [0.25, 0.3) is 0 Å². The van der Waals surface area contributed by atoms with Gasteiger partial charge >= 0.3 is 6.03 Å². The summed E-state index contributed by atoms with van der Waals surface area (Å²) in [6.07, 6.45) is 0. The van der Waals surface area contributed by atoms with Crippen LogP contribution < -0.4 is 16.6 Å². The number of hydrogen-bond donors (Lipinski definition) is 3. The van der Waals surface area contributed by atoms with E-state index in [1.54, 1.807) is 0 Å². The Balaban J connectivity index is 2.48. The minimum Gasteiger partial charge on any atom is -0.333 e. The Hall–Kier alpha value is -1.20. The highest BCUT2D eigenvalue weighted by Gasteiger charge is 2.00. The number of thioether (sulfide) groups is 1. The zero-order chi connectivity index (χ0) is 12.0. The van der Waals surface area contributed by atoms with Gasteiger partial charge in [0.1, 0.15) is 0 Å². The molecule has 0 radical (unpaired) electrons. The van der Waals surface area contributed by atoms with Gasteiger partial charge in [0.05, 0.1) is 0 Å². The number of nitrogens with one attached hydrogen (secondary N) is 2. The molecule has 0 saturated carbocycles. The fourth-order valence-electron chi connectivity index (χ4n) is 1.19. The molecule has 0 saturated heterocycles. The topological polar surface area (TPSA) is 67.2 Å². The second kappa shape index (κ2) is 6.40. The fourth-order valence-corrected chi connectivity index (χ4v) is 2.03. The number of hydrogen-bond acceptors (Lipinski definition) is 3. The van der Waals surface area contributed by atoms with Crippen LogP contribution in [0.15, 0.2) is 29.2 Å². The van der Waals surface area contributed by atoms with Gasteiger partial charge in [-0.1, -0.05) is 26.0 Å². The molecule has 4 N–H and O–H groups in total. The molecule has 2 amide bonds. The van der Waals surface area contributed by atoms with Gasteiger partial charge < -0.3 is 5.32 Å². The van der Waals surface area contributed by atoms with Crippen molar-refractivity contribution in [1.29, 1.82) is 0 Å². The molecule has 1 aromatic carbocycles. The second-order valence-corrected chi connectivity index (χ2v) is 5.29. The standard InChI is InChI=1S/C11H17N3OS/c1-8(2)16-10-5-3-9(4-6-10)7-13-11(15)14-12/h3-6,8H,7,12H2,1-2H3,(H2,13,14,15). The first-order chi connectivity index (χ1) is 7.61. The Labute approximate surface area is 100.0 Å². The van der Waals surface area contributed by atoms with Crippen LogP contribution in [0.2, 0.25) is 0 Å². The second-order valence-electron chi connectivity index (χ2n) is 3.64. The van der Waals surface area contributed by atoms with Crippen LogP contribution in [0.1, 0.15) is 19.4 Å². The predicted octanol–water partition coefficient (Wildman–Crippen LogP) is 1.86. The molecule has 0 aliphatic carbocycles. The van der Waals surface area contributed by atoms with Crippen LogP contribution in [-0.4, -0.2) is 11.3 Å². The van der Waals surface area contributed by atoms with Crippen molar-refractivity contribution in [3.05, 3.63) is 29.8 Å². The Morgan fingerprint density at radius 3 is 2.50 bits per heavy atom. The molecule has 0 fully saturated rings. The maximum Gasteiger partial charge on any atom is 0.329 e. The van der Waals surface area contributed by atoms with Crippen molar-refractivity contribution >= 4 is 17.8 Å². The van der Waals surface area contributed by atoms with Gasteiger partial charge in [-0.3, -0.25) is 5.43 Å². The lowest BCUT2D eigenvalue weighted by Crippen LogP contribution is -2.39. The summed E-state index contributed by atoms with van der Waals surface area (Å²) in [4.78, 5) is 12.1. The van der Waals surface area contributed by atoms with Crippen LogP contribution in [0.5, 0.6) is 0 Å². The van der Waals surface area contributed by atoms with Gasteiger partial charge in [0.15, 0.2) is 0 Å². The molecule has 88 valence electrons. The summed E-state index contributed by atoms with van der Waals surface area (Å²) in [6.45, 7) is 4.80. The number of nitrogens with two attached hydrogens (primary N) is 1. The quantitative estimate of drug-likeness (QED) is 0.325. The van der Waals surface area contributed by atoms with Crippen molar-refractivity contribution < 1.29 is 4.79 Å². The SMILES string of the molecule is CC(C)Sc1ccc(CNC(=O)NN)cc1. The molecule has 0 unspecified atom stereocenters. The van der Waals surface area contributed by atoms with Crippen LogP contribution in [0.4, 0.5) is 4.79 Å². The van der Waals surface area contributed by atoms with Crippen molar-refractivity contribution in [2.24, 2.45) is 5.84 Å². The number of carbonyl (C=O) groups excluding carboxylic acids is 1. The van der Waals surface area contributed by atoms with E-state index in [4.69, 9.17) is 5.84 Å². The lowest BCUT2D eigenvalue weighted by atomic mass is 10.2. The van der Waals surface area contributed by atoms with Crippen molar-refractivity contribution in [2.75, 3.05) is 0 Å². The highest BCUT2D eigenvalue weighted by Crippen LogP contribution is 2.22. The average molecular weight is 239 g/mol. The Bertz CT molecular complexity index is 338. The van der Waals surface area contributed by atoms with Gasteiger partial charge in [-0.15, -0.1) is 11.8 Å². The normalized spacial score (nSPS) is 10.2. The third kappa shape index (κ3) is 4.55.